The van der Waals surface area contributed by atoms with E-state index in [1.807, 2.05) is 4.57 Å². The van der Waals surface area contributed by atoms with Crippen LogP contribution in [0, 0.1) is 10.1 Å². The van der Waals surface area contributed by atoms with Gasteiger partial charge in [0, 0.05) is 32.9 Å². The topological polar surface area (TPSA) is 93.3 Å². The zero-order chi connectivity index (χ0) is 21.6. The molecular formula is C20H29N5O3S. The fourth-order valence-corrected chi connectivity index (χ4v) is 4.30. The molecule has 1 saturated carbocycles. The normalized spacial score (nSPS) is 16.5. The van der Waals surface area contributed by atoms with Crippen molar-refractivity contribution in [2.75, 3.05) is 26.9 Å². The molecule has 2 heterocycles. The van der Waals surface area contributed by atoms with E-state index in [0.717, 1.165) is 34.8 Å². The van der Waals surface area contributed by atoms with Gasteiger partial charge >= 0.3 is 5.70 Å². The number of aromatic nitrogens is 2. The van der Waals surface area contributed by atoms with Crippen LogP contribution in [0.5, 0.6) is 0 Å². The summed E-state index contributed by atoms with van der Waals surface area (Å²) in [4.78, 5) is 29.2. The van der Waals surface area contributed by atoms with Crippen LogP contribution in [0.1, 0.15) is 43.8 Å². The minimum atomic E-state index is -0.473. The molecule has 1 aromatic rings. The average Bonchev–Trinajstić information content (AvgIpc) is 3.08. The Labute approximate surface area is 175 Å². The van der Waals surface area contributed by atoms with Crippen molar-refractivity contribution in [2.45, 2.75) is 43.0 Å². The maximum Gasteiger partial charge on any atom is 0.307 e. The first-order chi connectivity index (χ1) is 13.8. The molecule has 1 N–H and O–H groups in total. The molecule has 0 radical (unpaired) electrons. The van der Waals surface area contributed by atoms with Gasteiger partial charge in [-0.2, -0.15) is 0 Å². The van der Waals surface area contributed by atoms with Crippen LogP contribution in [0.25, 0.3) is 5.57 Å². The number of fused-ring (bicyclic) bond motifs is 1. The molecule has 0 aromatic carbocycles. The van der Waals surface area contributed by atoms with Crippen LogP contribution < -0.4 is 10.9 Å². The van der Waals surface area contributed by atoms with Crippen LogP contribution >= 0.6 is 11.8 Å². The quantitative estimate of drug-likeness (QED) is 0.445. The van der Waals surface area contributed by atoms with Crippen molar-refractivity contribution < 1.29 is 4.92 Å². The van der Waals surface area contributed by atoms with Crippen molar-refractivity contribution >= 4 is 17.3 Å². The number of nitro groups is 1. The first-order valence-corrected chi connectivity index (χ1v) is 10.6. The van der Waals surface area contributed by atoms with E-state index in [0.29, 0.717) is 11.7 Å². The molecule has 3 rings (SSSR count). The standard InChI is InChI=1S/C13H16N2OS.C7H13N3O2/c1-9-7-17-12-11(9)14-8-15(13(12)16)10-5-3-2-4-6-10;1-6(9(3)4)7(5-8-2)10(11)12/h8,10H,1-7H2;5,8H,1H2,2-4H3/b;7-5+. The zero-order valence-electron chi connectivity index (χ0n) is 17.3. The Balaban J connectivity index is 0.000000223. The summed E-state index contributed by atoms with van der Waals surface area (Å²) in [6, 6.07) is 0.364. The SMILES string of the molecule is C=C(/C(=C\NC)[N+](=O)[O-])N(C)C.C=C1CSc2c1ncn(C1CCCCC1)c2=O. The first-order valence-electron chi connectivity index (χ1n) is 9.58. The molecule has 9 heteroatoms. The van der Waals surface area contributed by atoms with E-state index in [2.05, 4.69) is 23.5 Å². The van der Waals surface area contributed by atoms with Crippen LogP contribution in [0.3, 0.4) is 0 Å². The summed E-state index contributed by atoms with van der Waals surface area (Å²) in [7, 11) is 5.01. The van der Waals surface area contributed by atoms with Gasteiger partial charge in [0.05, 0.1) is 28.0 Å². The van der Waals surface area contributed by atoms with Crippen LogP contribution in [-0.4, -0.2) is 46.3 Å². The molecule has 0 atom stereocenters. The lowest BCUT2D eigenvalue weighted by atomic mass is 9.95. The molecule has 8 nitrogen and oxygen atoms in total. The van der Waals surface area contributed by atoms with Gasteiger partial charge in [-0.1, -0.05) is 32.4 Å². The second-order valence-corrected chi connectivity index (χ2v) is 8.22. The summed E-state index contributed by atoms with van der Waals surface area (Å²) < 4.78 is 1.85. The molecule has 0 saturated heterocycles. The van der Waals surface area contributed by atoms with Crippen LogP contribution in [-0.2, 0) is 0 Å². The van der Waals surface area contributed by atoms with Crippen LogP contribution in [0.4, 0.5) is 0 Å². The van der Waals surface area contributed by atoms with Gasteiger partial charge in [-0.25, -0.2) is 4.98 Å². The molecule has 1 aliphatic carbocycles. The smallest absolute Gasteiger partial charge is 0.307 e. The van der Waals surface area contributed by atoms with Crippen molar-refractivity contribution in [3.8, 4) is 0 Å². The highest BCUT2D eigenvalue weighted by molar-refractivity contribution is 8.00. The molecule has 1 fully saturated rings. The number of rotatable bonds is 5. The molecule has 0 unspecified atom stereocenters. The summed E-state index contributed by atoms with van der Waals surface area (Å²) >= 11 is 1.59. The number of nitrogens with zero attached hydrogens (tertiary/aromatic N) is 4. The predicted octanol–water partition coefficient (Wildman–Crippen LogP) is 3.27. The van der Waals surface area contributed by atoms with Gasteiger partial charge in [0.25, 0.3) is 5.56 Å². The molecule has 158 valence electrons. The van der Waals surface area contributed by atoms with Crippen molar-refractivity contribution in [1.29, 1.82) is 0 Å². The maximum atomic E-state index is 12.4. The van der Waals surface area contributed by atoms with E-state index in [-0.39, 0.29) is 11.3 Å². The largest absolute Gasteiger partial charge is 0.388 e. The van der Waals surface area contributed by atoms with Crippen LogP contribution in [0.15, 0.2) is 46.8 Å². The second kappa shape index (κ2) is 10.3. The summed E-state index contributed by atoms with van der Waals surface area (Å²) in [5.41, 5.74) is 2.30. The van der Waals surface area contributed by atoms with Crippen molar-refractivity contribution in [1.82, 2.24) is 19.8 Å². The highest BCUT2D eigenvalue weighted by atomic mass is 32.2. The molecule has 2 aliphatic rings. The van der Waals surface area contributed by atoms with Gasteiger partial charge in [0.15, 0.2) is 0 Å². The predicted molar refractivity (Wildman–Crippen MR) is 117 cm³/mol. The molecular weight excluding hydrogens is 390 g/mol. The van der Waals surface area contributed by atoms with E-state index < -0.39 is 4.92 Å². The Morgan fingerprint density at radius 1 is 1.41 bits per heavy atom. The van der Waals surface area contributed by atoms with Crippen molar-refractivity contribution in [3.63, 3.8) is 0 Å². The van der Waals surface area contributed by atoms with Gasteiger partial charge in [-0.05, 0) is 18.4 Å². The third-order valence-corrected chi connectivity index (χ3v) is 6.11. The second-order valence-electron chi connectivity index (χ2n) is 7.24. The molecule has 1 aliphatic heterocycles. The Morgan fingerprint density at radius 2 is 2.07 bits per heavy atom. The van der Waals surface area contributed by atoms with Crippen molar-refractivity contribution in [3.05, 3.63) is 63.2 Å². The van der Waals surface area contributed by atoms with E-state index >= 15 is 0 Å². The lowest BCUT2D eigenvalue weighted by Crippen LogP contribution is -2.27. The highest BCUT2D eigenvalue weighted by Crippen LogP contribution is 2.34. The van der Waals surface area contributed by atoms with Gasteiger partial charge in [0.2, 0.25) is 0 Å². The highest BCUT2D eigenvalue weighted by Gasteiger charge is 2.24. The number of nitrogens with one attached hydrogen (secondary N) is 1. The van der Waals surface area contributed by atoms with E-state index in [1.165, 1.54) is 25.5 Å². The Bertz CT molecular complexity index is 869. The molecule has 29 heavy (non-hydrogen) atoms. The minimum absolute atomic E-state index is 0.0255. The summed E-state index contributed by atoms with van der Waals surface area (Å²) in [5.74, 6) is 0.812. The summed E-state index contributed by atoms with van der Waals surface area (Å²) in [5, 5.41) is 13.0. The minimum Gasteiger partial charge on any atom is -0.388 e. The Kier molecular flexibility index (Phi) is 8.07. The molecule has 1 aromatic heterocycles. The maximum absolute atomic E-state index is 12.4. The van der Waals surface area contributed by atoms with E-state index in [9.17, 15) is 14.9 Å². The summed E-state index contributed by atoms with van der Waals surface area (Å²) in [6.07, 6.45) is 9.03. The first kappa shape index (κ1) is 22.7. The average molecular weight is 420 g/mol. The monoisotopic (exact) mass is 419 g/mol. The fraction of sp³-hybridized carbons (Fsp3) is 0.500. The Hall–Kier alpha value is -2.55. The summed E-state index contributed by atoms with van der Waals surface area (Å²) in [6.45, 7) is 7.52. The van der Waals surface area contributed by atoms with E-state index in [4.69, 9.17) is 0 Å². The lowest BCUT2D eigenvalue weighted by molar-refractivity contribution is -0.422. The van der Waals surface area contributed by atoms with Gasteiger partial charge < -0.3 is 10.2 Å². The number of hydrogen-bond acceptors (Lipinski definition) is 7. The number of likely N-dealkylation sites (N-methyl/N-ethyl adjacent to an activating group) is 1. The lowest BCUT2D eigenvalue weighted by Gasteiger charge is -2.23. The third kappa shape index (κ3) is 5.50. The third-order valence-electron chi connectivity index (χ3n) is 4.96. The van der Waals surface area contributed by atoms with Gasteiger partial charge in [0.1, 0.15) is 5.70 Å². The van der Waals surface area contributed by atoms with Gasteiger partial charge in [-0.3, -0.25) is 19.5 Å². The molecule has 0 spiro atoms. The zero-order valence-corrected chi connectivity index (χ0v) is 18.1. The fourth-order valence-electron chi connectivity index (χ4n) is 3.29. The molecule has 0 bridgehead atoms. The Morgan fingerprint density at radius 3 is 2.62 bits per heavy atom. The van der Waals surface area contributed by atoms with Crippen molar-refractivity contribution in [2.24, 2.45) is 0 Å². The number of thioether (sulfide) groups is 1. The number of hydrogen-bond donors (Lipinski definition) is 1. The van der Waals surface area contributed by atoms with Crippen LogP contribution in [0.2, 0.25) is 0 Å². The molecule has 0 amide bonds. The van der Waals surface area contributed by atoms with E-state index in [1.54, 1.807) is 44.1 Å². The van der Waals surface area contributed by atoms with Gasteiger partial charge in [-0.15, -0.1) is 11.8 Å².